The number of hydrogen-bond donors (Lipinski definition) is 2. The zero-order valence-electron chi connectivity index (χ0n) is 16.3. The summed E-state index contributed by atoms with van der Waals surface area (Å²) in [6.45, 7) is 2.00. The minimum absolute atomic E-state index is 0.0272. The number of hydrazone groups is 1. The monoisotopic (exact) mass is 415 g/mol. The topological polar surface area (TPSA) is 91.2 Å². The predicted octanol–water partition coefficient (Wildman–Crippen LogP) is 3.44. The number of unbranched alkanes of at least 4 members (excludes halogenated alkanes) is 3. The highest BCUT2D eigenvalue weighted by Crippen LogP contribution is 2.41. The van der Waals surface area contributed by atoms with Crippen LogP contribution in [0, 0.1) is 0 Å². The van der Waals surface area contributed by atoms with E-state index in [9.17, 15) is 27.9 Å². The Morgan fingerprint density at radius 2 is 1.97 bits per heavy atom. The third kappa shape index (κ3) is 5.06. The number of hydrogen-bond acceptors (Lipinski definition) is 5. The number of alkyl halides is 3. The third-order valence-electron chi connectivity index (χ3n) is 4.56. The van der Waals surface area contributed by atoms with Crippen molar-refractivity contribution in [2.75, 3.05) is 12.4 Å². The summed E-state index contributed by atoms with van der Waals surface area (Å²) in [5, 5.41) is 15.9. The average Bonchev–Trinajstić information content (AvgIpc) is 3.02. The fraction of sp³-hybridized carbons (Fsp3) is 0.526. The van der Waals surface area contributed by atoms with Crippen LogP contribution in [0.15, 0.2) is 29.4 Å². The molecule has 10 heteroatoms. The van der Waals surface area contributed by atoms with E-state index >= 15 is 0 Å². The van der Waals surface area contributed by atoms with Crippen LogP contribution in [-0.2, 0) is 9.59 Å². The molecule has 0 fully saturated rings. The van der Waals surface area contributed by atoms with Gasteiger partial charge in [0.2, 0.25) is 0 Å². The predicted molar refractivity (Wildman–Crippen MR) is 100 cm³/mol. The van der Waals surface area contributed by atoms with E-state index in [2.05, 4.69) is 10.4 Å². The van der Waals surface area contributed by atoms with Gasteiger partial charge in [-0.25, -0.2) is 0 Å². The lowest BCUT2D eigenvalue weighted by atomic mass is 10.0. The van der Waals surface area contributed by atoms with Gasteiger partial charge in [0.15, 0.2) is 0 Å². The third-order valence-corrected chi connectivity index (χ3v) is 4.56. The summed E-state index contributed by atoms with van der Waals surface area (Å²) in [6, 6.07) is 6.10. The fourth-order valence-electron chi connectivity index (χ4n) is 2.97. The largest absolute Gasteiger partial charge is 0.495 e. The van der Waals surface area contributed by atoms with Crippen molar-refractivity contribution in [3.05, 3.63) is 24.3 Å². The van der Waals surface area contributed by atoms with Gasteiger partial charge in [0.1, 0.15) is 5.75 Å². The van der Waals surface area contributed by atoms with E-state index in [1.807, 2.05) is 6.92 Å². The molecule has 2 amide bonds. The Balaban J connectivity index is 2.20. The van der Waals surface area contributed by atoms with Crippen molar-refractivity contribution < 1.29 is 32.6 Å². The molecule has 1 aromatic rings. The van der Waals surface area contributed by atoms with Gasteiger partial charge in [-0.2, -0.15) is 23.3 Å². The lowest BCUT2D eigenvalue weighted by Gasteiger charge is -2.32. The maximum Gasteiger partial charge on any atom is 0.438 e. The van der Waals surface area contributed by atoms with Crippen LogP contribution in [0.4, 0.5) is 18.9 Å². The van der Waals surface area contributed by atoms with Gasteiger partial charge in [-0.3, -0.25) is 9.59 Å². The first-order valence-electron chi connectivity index (χ1n) is 9.28. The van der Waals surface area contributed by atoms with E-state index in [4.69, 9.17) is 4.74 Å². The Morgan fingerprint density at radius 1 is 1.28 bits per heavy atom. The second kappa shape index (κ2) is 9.25. The van der Waals surface area contributed by atoms with Crippen LogP contribution in [-0.4, -0.2) is 46.7 Å². The van der Waals surface area contributed by atoms with E-state index in [-0.39, 0.29) is 28.6 Å². The minimum Gasteiger partial charge on any atom is -0.495 e. The van der Waals surface area contributed by atoms with Crippen molar-refractivity contribution in [2.24, 2.45) is 5.10 Å². The number of carbonyl (C=O) groups excluding carboxylic acids is 2. The molecule has 2 rings (SSSR count). The van der Waals surface area contributed by atoms with Crippen molar-refractivity contribution in [2.45, 2.75) is 57.3 Å². The molecule has 2 N–H and O–H groups in total. The number of ether oxygens (including phenoxy) is 1. The van der Waals surface area contributed by atoms with Crippen molar-refractivity contribution >= 4 is 23.2 Å². The summed E-state index contributed by atoms with van der Waals surface area (Å²) >= 11 is 0. The summed E-state index contributed by atoms with van der Waals surface area (Å²) < 4.78 is 45.6. The highest BCUT2D eigenvalue weighted by molar-refractivity contribution is 6.40. The molecule has 0 aromatic heterocycles. The molecule has 0 radical (unpaired) electrons. The zero-order chi connectivity index (χ0) is 21.7. The number of nitrogens with zero attached hydrogens (tertiary/aromatic N) is 2. The number of rotatable bonds is 7. The highest BCUT2D eigenvalue weighted by atomic mass is 19.4. The number of nitrogens with one attached hydrogen (secondary N) is 1. The van der Waals surface area contributed by atoms with Crippen LogP contribution in [0.5, 0.6) is 5.75 Å². The second-order valence-corrected chi connectivity index (χ2v) is 6.74. The van der Waals surface area contributed by atoms with Crippen molar-refractivity contribution in [3.8, 4) is 5.75 Å². The van der Waals surface area contributed by atoms with Gasteiger partial charge in [-0.15, -0.1) is 0 Å². The molecule has 160 valence electrons. The SMILES string of the molecule is CCCCCCC1=NN(C(=O)C(=O)Nc2ccccc2OC)[C@](O)(C(F)(F)F)C1. The molecular formula is C19H24F3N3O4. The number of aliphatic hydroxyl groups is 1. The molecule has 1 aliphatic rings. The first-order valence-corrected chi connectivity index (χ1v) is 9.28. The smallest absolute Gasteiger partial charge is 0.438 e. The summed E-state index contributed by atoms with van der Waals surface area (Å²) in [4.78, 5) is 24.7. The van der Waals surface area contributed by atoms with Gasteiger partial charge in [-0.05, 0) is 25.0 Å². The van der Waals surface area contributed by atoms with Gasteiger partial charge in [0, 0.05) is 12.1 Å². The second-order valence-electron chi connectivity index (χ2n) is 6.74. The Bertz CT molecular complexity index is 782. The summed E-state index contributed by atoms with van der Waals surface area (Å²) in [5.41, 5.74) is -3.42. The van der Waals surface area contributed by atoms with Gasteiger partial charge >= 0.3 is 18.0 Å². The summed E-state index contributed by atoms with van der Waals surface area (Å²) in [7, 11) is 1.34. The molecule has 1 atom stereocenters. The van der Waals surface area contributed by atoms with E-state index < -0.39 is 30.1 Å². The Morgan fingerprint density at radius 3 is 2.59 bits per heavy atom. The van der Waals surface area contributed by atoms with E-state index in [0.29, 0.717) is 6.42 Å². The van der Waals surface area contributed by atoms with Crippen LogP contribution >= 0.6 is 0 Å². The van der Waals surface area contributed by atoms with Gasteiger partial charge in [0.25, 0.3) is 5.72 Å². The molecule has 1 aliphatic heterocycles. The molecule has 0 unspecified atom stereocenters. The zero-order valence-corrected chi connectivity index (χ0v) is 16.3. The van der Waals surface area contributed by atoms with Gasteiger partial charge < -0.3 is 15.2 Å². The molecule has 0 aliphatic carbocycles. The number of anilines is 1. The summed E-state index contributed by atoms with van der Waals surface area (Å²) in [6.07, 6.45) is -2.61. The lowest BCUT2D eigenvalue weighted by molar-refractivity contribution is -0.301. The lowest BCUT2D eigenvalue weighted by Crippen LogP contribution is -2.58. The number of halogens is 3. The van der Waals surface area contributed by atoms with Crippen LogP contribution in [0.25, 0.3) is 0 Å². The Hall–Kier alpha value is -2.62. The van der Waals surface area contributed by atoms with Crippen molar-refractivity contribution in [1.29, 1.82) is 0 Å². The minimum atomic E-state index is -5.18. The summed E-state index contributed by atoms with van der Waals surface area (Å²) in [5.74, 6) is -2.76. The first-order chi connectivity index (χ1) is 13.6. The standard InChI is InChI=1S/C19H24F3N3O4/c1-3-4-5-6-9-13-12-18(28,19(20,21)22)25(24-13)17(27)16(26)23-14-10-7-8-11-15(14)29-2/h7-8,10-11,28H,3-6,9,12H2,1-2H3,(H,23,26)/t18-/m1/s1. The van der Waals surface area contributed by atoms with Crippen molar-refractivity contribution in [3.63, 3.8) is 0 Å². The van der Waals surface area contributed by atoms with Crippen LogP contribution < -0.4 is 10.1 Å². The van der Waals surface area contributed by atoms with Crippen LogP contribution in [0.2, 0.25) is 0 Å². The molecule has 0 saturated heterocycles. The van der Waals surface area contributed by atoms with Gasteiger partial charge in [-0.1, -0.05) is 38.3 Å². The molecule has 29 heavy (non-hydrogen) atoms. The van der Waals surface area contributed by atoms with Crippen molar-refractivity contribution in [1.82, 2.24) is 5.01 Å². The Kier molecular flexibility index (Phi) is 7.23. The first kappa shape index (κ1) is 22.7. The van der Waals surface area contributed by atoms with E-state index in [1.54, 1.807) is 12.1 Å². The van der Waals surface area contributed by atoms with Gasteiger partial charge in [0.05, 0.1) is 12.8 Å². The Labute approximate surface area is 166 Å². The van der Waals surface area contributed by atoms with Crippen LogP contribution in [0.3, 0.4) is 0 Å². The fourth-order valence-corrected chi connectivity index (χ4v) is 2.97. The van der Waals surface area contributed by atoms with E-state index in [1.165, 1.54) is 19.2 Å². The van der Waals surface area contributed by atoms with E-state index in [0.717, 1.165) is 19.3 Å². The molecular weight excluding hydrogens is 391 g/mol. The number of carbonyl (C=O) groups is 2. The number of amides is 2. The maximum absolute atomic E-state index is 13.5. The molecule has 0 bridgehead atoms. The van der Waals surface area contributed by atoms with Crippen LogP contribution in [0.1, 0.15) is 45.4 Å². The normalized spacial score (nSPS) is 19.1. The molecule has 1 heterocycles. The molecule has 0 spiro atoms. The number of methoxy groups -OCH3 is 1. The molecule has 1 aromatic carbocycles. The molecule has 7 nitrogen and oxygen atoms in total. The average molecular weight is 415 g/mol. The quantitative estimate of drug-likeness (QED) is 0.527. The number of benzene rings is 1. The maximum atomic E-state index is 13.5. The number of para-hydroxylation sites is 2. The highest BCUT2D eigenvalue weighted by Gasteiger charge is 2.63. The molecule has 0 saturated carbocycles.